The van der Waals surface area contributed by atoms with Crippen LogP contribution in [0.1, 0.15) is 430 Å². The van der Waals surface area contributed by atoms with Crippen molar-refractivity contribution in [3.63, 3.8) is 0 Å². The number of likely N-dealkylation sites (N-methyl/N-ethyl adjacent to an activating group) is 7. The van der Waals surface area contributed by atoms with E-state index in [0.29, 0.717) is 67.6 Å². The third-order valence-electron chi connectivity index (χ3n) is 22.4. The van der Waals surface area contributed by atoms with Crippen LogP contribution in [0.15, 0.2) is 169 Å². The molecule has 784 valence electrons. The summed E-state index contributed by atoms with van der Waals surface area (Å²) in [6, 6.07) is -22.0. The first kappa shape index (κ1) is 42.8. The number of hydrogen-bond donors (Lipinski definition) is 7. The third-order valence-corrected chi connectivity index (χ3v) is 22.4. The van der Waals surface area contributed by atoms with Crippen molar-refractivity contribution < 1.29 is 195 Å². The molecular formula is C119H189N7O14. The highest BCUT2D eigenvalue weighted by atomic mass is 16.5. The summed E-state index contributed by atoms with van der Waals surface area (Å²) < 4.78 is 786. The van der Waals surface area contributed by atoms with Gasteiger partial charge in [-0.25, -0.2) is 0 Å². The number of methoxy groups -OCH3 is 7. The number of benzene rings is 7. The molecule has 0 aliphatic heterocycles. The van der Waals surface area contributed by atoms with E-state index in [1.807, 2.05) is 0 Å². The van der Waals surface area contributed by atoms with Crippen molar-refractivity contribution in [2.24, 2.45) is 0 Å². The Labute approximate surface area is 976 Å². The van der Waals surface area contributed by atoms with Crippen molar-refractivity contribution in [1.29, 1.82) is 0 Å². The van der Waals surface area contributed by atoms with Crippen LogP contribution in [0.2, 0.25) is 0 Å². The van der Waals surface area contributed by atoms with E-state index < -0.39 is 514 Å². The van der Waals surface area contributed by atoms with Gasteiger partial charge >= 0.3 is 0 Å². The minimum atomic E-state index is -4.27. The fourth-order valence-corrected chi connectivity index (χ4v) is 15.4. The van der Waals surface area contributed by atoms with E-state index in [4.69, 9.17) is 154 Å². The maximum absolute atomic E-state index is 12.0. The molecule has 7 fully saturated rings. The molecule has 0 aromatic heterocycles. The van der Waals surface area contributed by atoms with E-state index >= 15 is 0 Å². The van der Waals surface area contributed by atoms with Crippen molar-refractivity contribution in [1.82, 2.24) is 34.3 Å². The molecular weight excluding hydrogens is 1750 g/mol. The molecule has 7 aliphatic rings. The summed E-state index contributed by atoms with van der Waals surface area (Å²) in [7, 11) is 15.3. The largest absolute Gasteiger partial charge is 0.497 e. The Balaban J connectivity index is 0.000000320. The van der Waals surface area contributed by atoms with Gasteiger partial charge in [0.25, 0.3) is 0 Å². The number of hydrogen-bond acceptors (Lipinski definition) is 21. The fraction of sp³-hybridized carbons (Fsp3) is 0.647. The van der Waals surface area contributed by atoms with Crippen molar-refractivity contribution >= 4 is 0 Å². The highest BCUT2D eigenvalue weighted by Gasteiger charge is 2.46. The van der Waals surface area contributed by atoms with Crippen LogP contribution in [0.3, 0.4) is 0 Å². The van der Waals surface area contributed by atoms with E-state index in [-0.39, 0.29) is 78.4 Å². The Bertz CT molecular complexity index is 9010. The fourth-order valence-electron chi connectivity index (χ4n) is 15.4. The average Bonchev–Trinajstić information content (AvgIpc) is 0.653. The van der Waals surface area contributed by atoms with Gasteiger partial charge < -0.3 is 103 Å². The lowest BCUT2D eigenvalue weighted by atomic mass is 9.72. The van der Waals surface area contributed by atoms with E-state index in [0.717, 1.165) is 80.9 Å². The second-order valence-electron chi connectivity index (χ2n) is 33.2. The van der Waals surface area contributed by atoms with Crippen LogP contribution in [-0.2, 0) is 0 Å². The van der Waals surface area contributed by atoms with Gasteiger partial charge in [0, 0.05) is 175 Å². The van der Waals surface area contributed by atoms with Gasteiger partial charge in [0.05, 0.1) is 127 Å². The second-order valence-corrected chi connectivity index (χ2v) is 33.2. The monoisotopic (exact) mass is 2030 g/mol. The zero-order valence-electron chi connectivity index (χ0n) is 172. The summed E-state index contributed by atoms with van der Waals surface area (Å²) in [6.07, 6.45) is -53.1. The van der Waals surface area contributed by atoms with Gasteiger partial charge in [-0.15, -0.1) is 0 Å². The van der Waals surface area contributed by atoms with E-state index in [1.165, 1.54) is 40.2 Å². The summed E-state index contributed by atoms with van der Waals surface area (Å²) in [5.74, 6) is -21.6. The maximum atomic E-state index is 12.0. The van der Waals surface area contributed by atoms with E-state index in [1.54, 1.807) is 0 Å². The molecule has 7 N–H and O–H groups in total. The second kappa shape index (κ2) is 58.7. The van der Waals surface area contributed by atoms with Gasteiger partial charge in [-0.1, -0.05) is 219 Å². The van der Waals surface area contributed by atoms with Crippen LogP contribution >= 0.6 is 0 Å². The van der Waals surface area contributed by atoms with Crippen molar-refractivity contribution in [2.45, 2.75) is 305 Å². The topological polar surface area (TPSA) is 229 Å². The molecule has 14 rings (SSSR count). The minimum Gasteiger partial charge on any atom is -0.497 e. The first-order valence-corrected chi connectivity index (χ1v) is 44.1. The Morgan fingerprint density at radius 1 is 0.243 bits per heavy atom. The third kappa shape index (κ3) is 36.7. The molecule has 7 aromatic rings. The molecule has 0 amide bonds. The maximum Gasteiger partial charge on any atom is 0.118 e. The van der Waals surface area contributed by atoms with Gasteiger partial charge in [0.15, 0.2) is 0 Å². The predicted molar refractivity (Wildman–Crippen MR) is 576 cm³/mol. The molecule has 0 heterocycles. The molecule has 140 heavy (non-hydrogen) atoms. The van der Waals surface area contributed by atoms with Crippen molar-refractivity contribution in [2.75, 3.05) is 194 Å². The molecule has 7 aliphatic carbocycles. The lowest BCUT2D eigenvalue weighted by Crippen LogP contribution is -2.42. The smallest absolute Gasteiger partial charge is 0.118 e. The molecule has 7 aromatic carbocycles. The Morgan fingerprint density at radius 2 is 0.436 bits per heavy atom. The SMILES string of the molecule is [2H]c1c([2H])c(C(CN(C([2H])([2H])[2H])C([2H])([2H])[2H])C2(O)C([2H])([2H])C([2H])([2H])C([2H])([2H])C([2H])([2H])C2([2H])[2H])c([2H])c([2H])c1OC.[2H]c1c([2H])c(C(CN(C)C([2H])([2H])[2H])C2(O)C([2H])([2H])C([2H])([2H])C([2H])([2H])C([2H])([2H])C2([2H])[2H])c([2H])c([2H])c1OC.[2H]c1c([2H])c(C(CN(C)C)C2(O)C([2H])([2H])C([2H])([2H])C([2H])([2H])C([2H])([2H])C2([2H])[2H])c([2H])c([2H])c1OC.[2H]c1c([2H])c(C([2H])(C2(O)CCCCC2)C([2H])([2H])N(C([2H])([2H])[2H])C([2H])([2H])[2H])c([2H])c([2H])c1OC.[2H]c1c([2H])c(C([2H])(C2(O)CCCCC2)C([2H])([2H])N(C)C([2H])([2H])[2H])c([2H])c([2H])c1OC.[2H]c1c([2H])c(C([2H])(C2(O)CCCCC2)C([2H])([2H])N(C)C)c([2H])c([2H])c1OC.[2H]c1c([2H])c(C([2H])(CN(C([2H])([2H])[2H])C([2H])([2H])[2H])C2(O)CCCCC2)c([2H])c([2H])c1OC. The highest BCUT2D eigenvalue weighted by molar-refractivity contribution is 5.38. The molecule has 0 radical (unpaired) electrons. The molecule has 21 nitrogen and oxygen atoms in total. The summed E-state index contributed by atoms with van der Waals surface area (Å²) in [5.41, 5.74) is -25.7. The summed E-state index contributed by atoms with van der Waals surface area (Å²) in [5, 5.41) is 81.6. The van der Waals surface area contributed by atoms with Gasteiger partial charge in [0.2, 0.25) is 0 Å². The Kier molecular flexibility index (Phi) is 17.9. The van der Waals surface area contributed by atoms with Crippen molar-refractivity contribution in [3.8, 4) is 40.2 Å². The first-order chi connectivity index (χ1) is 103. The molecule has 0 bridgehead atoms. The summed E-state index contributed by atoms with van der Waals surface area (Å²) in [4.78, 5) is 2.54. The summed E-state index contributed by atoms with van der Waals surface area (Å²) in [6.45, 7) is -40.4. The van der Waals surface area contributed by atoms with Crippen LogP contribution in [0.5, 0.6) is 40.2 Å². The summed E-state index contributed by atoms with van der Waals surface area (Å²) >= 11 is 0. The van der Waals surface area contributed by atoms with Crippen LogP contribution in [0.25, 0.3) is 0 Å². The standard InChI is InChI=1S/7C17H27NO2/c7*1-18(2)13-16(17(19)11-5-4-6-12-17)14-7-9-15(20-3)10-8-14/h7*7-10,16,19H,4-6,11-13H2,1-3H3/i1D3,2D3,4D2,5D2,6D2,7D,8D,9D,10D,11D2,12D2;1D3,4D2,5D2,6D2,7D,8D,9D,10D,11D2,12D2;4D2,5D2,6D2,7D,8D,9D,10D,11D2,12D2;1D3,2D3,7D,8D,9D,10D,13D2,16D;1D3,7D,8D,9D,10D,13D2,16D;1D3,2D3,7D,8D,9D,10D,16D;7D,8D,9D,10D,13D2,16D. The molecule has 0 spiro atoms. The lowest BCUT2D eigenvalue weighted by Gasteiger charge is -2.40. The normalized spacial score (nSPS) is 36.7. The first-order valence-electron chi connectivity index (χ1n) is 90.1. The number of ether oxygens (including phenoxy) is 7. The zero-order chi connectivity index (χ0) is 182. The minimum absolute atomic E-state index is 0.0257. The molecule has 0 saturated heterocycles. The van der Waals surface area contributed by atoms with E-state index in [2.05, 4.69) is 0 Å². The van der Waals surface area contributed by atoms with Crippen LogP contribution in [0.4, 0.5) is 0 Å². The molecule has 7 saturated carbocycles. The highest BCUT2D eigenvalue weighted by Crippen LogP contribution is 2.49. The van der Waals surface area contributed by atoms with Crippen molar-refractivity contribution in [3.05, 3.63) is 208 Å². The average molecular weight is 2030 g/mol. The lowest BCUT2D eigenvalue weighted by molar-refractivity contribution is -0.0280. The molecule has 21 heteroatoms. The molecule has 7 unspecified atom stereocenters. The van der Waals surface area contributed by atoms with Gasteiger partial charge in [0.1, 0.15) is 40.2 Å². The number of nitrogens with zero attached hydrogens (tertiary/aromatic N) is 7. The Morgan fingerprint density at radius 3 is 0.657 bits per heavy atom. The Hall–Kier alpha value is -7.42. The van der Waals surface area contributed by atoms with Gasteiger partial charge in [-0.2, -0.15) is 0 Å². The predicted octanol–water partition coefficient (Wildman–Crippen LogP) is 21.2. The van der Waals surface area contributed by atoms with Crippen LogP contribution in [-0.4, -0.2) is 303 Å². The van der Waals surface area contributed by atoms with Gasteiger partial charge in [-0.3, -0.25) is 0 Å². The van der Waals surface area contributed by atoms with Crippen LogP contribution in [0, 0.1) is 0 Å². The molecule has 7 atom stereocenters. The number of rotatable bonds is 35. The van der Waals surface area contributed by atoms with Crippen LogP contribution < -0.4 is 33.2 Å². The van der Waals surface area contributed by atoms with E-state index in [9.17, 15) is 41.2 Å². The number of aliphatic hydroxyl groups is 7. The zero-order valence-corrected chi connectivity index (χ0v) is 80.3. The quantitative estimate of drug-likeness (QED) is 0.0196. The van der Waals surface area contributed by atoms with Gasteiger partial charge in [-0.05, 0) is 311 Å².